The summed E-state index contributed by atoms with van der Waals surface area (Å²) >= 11 is 0. The summed E-state index contributed by atoms with van der Waals surface area (Å²) in [6.45, 7) is 5.35. The highest BCUT2D eigenvalue weighted by atomic mass is 16.1. The standard InChI is InChI=1S/C16H21N3O/c1-16(6-8-17-9-7-16)11-18-14-10-12-4-2-3-5-13(12)15(20)19-14/h2-5,10,17H,6-9,11H2,1H3,(H2,18,19,20). The molecular formula is C16H21N3O. The summed E-state index contributed by atoms with van der Waals surface area (Å²) in [6, 6.07) is 9.69. The van der Waals surface area contributed by atoms with Gasteiger partial charge in [-0.05, 0) is 48.9 Å². The number of hydrogen-bond acceptors (Lipinski definition) is 3. The minimum absolute atomic E-state index is 0.0268. The second-order valence-corrected chi connectivity index (χ2v) is 6.01. The molecule has 20 heavy (non-hydrogen) atoms. The van der Waals surface area contributed by atoms with E-state index in [0.717, 1.165) is 49.1 Å². The molecule has 1 aromatic heterocycles. The number of fused-ring (bicyclic) bond motifs is 1. The Morgan fingerprint density at radius 2 is 2.00 bits per heavy atom. The number of nitrogens with one attached hydrogen (secondary N) is 3. The number of aromatic nitrogens is 1. The van der Waals surface area contributed by atoms with Crippen molar-refractivity contribution in [2.45, 2.75) is 19.8 Å². The van der Waals surface area contributed by atoms with Crippen LogP contribution in [0.3, 0.4) is 0 Å². The highest BCUT2D eigenvalue weighted by molar-refractivity contribution is 5.83. The molecule has 1 aliphatic heterocycles. The molecule has 1 aromatic carbocycles. The number of aromatic amines is 1. The third kappa shape index (κ3) is 2.70. The first kappa shape index (κ1) is 13.2. The fourth-order valence-corrected chi connectivity index (χ4v) is 2.82. The molecule has 106 valence electrons. The SMILES string of the molecule is CC1(CNc2cc3ccccc3c(=O)[nH]2)CCNCC1. The molecule has 0 aliphatic carbocycles. The molecule has 1 fully saturated rings. The Balaban J connectivity index is 1.79. The maximum atomic E-state index is 12.0. The Bertz CT molecular complexity index is 656. The molecule has 0 amide bonds. The molecule has 0 atom stereocenters. The van der Waals surface area contributed by atoms with Crippen molar-refractivity contribution in [2.75, 3.05) is 25.0 Å². The zero-order valence-electron chi connectivity index (χ0n) is 11.8. The zero-order chi connectivity index (χ0) is 14.0. The van der Waals surface area contributed by atoms with Crippen molar-refractivity contribution in [1.29, 1.82) is 0 Å². The molecule has 0 unspecified atom stereocenters. The van der Waals surface area contributed by atoms with Gasteiger partial charge in [0, 0.05) is 11.9 Å². The van der Waals surface area contributed by atoms with Gasteiger partial charge in [-0.1, -0.05) is 25.1 Å². The number of rotatable bonds is 3. The molecule has 3 N–H and O–H groups in total. The Morgan fingerprint density at radius 3 is 2.80 bits per heavy atom. The van der Waals surface area contributed by atoms with E-state index in [-0.39, 0.29) is 5.56 Å². The van der Waals surface area contributed by atoms with Crippen LogP contribution in [0.15, 0.2) is 35.1 Å². The molecule has 0 saturated carbocycles. The van der Waals surface area contributed by atoms with Gasteiger partial charge < -0.3 is 15.6 Å². The lowest BCUT2D eigenvalue weighted by molar-refractivity contribution is 0.247. The molecule has 4 nitrogen and oxygen atoms in total. The normalized spacial score (nSPS) is 18.1. The Morgan fingerprint density at radius 1 is 1.25 bits per heavy atom. The van der Waals surface area contributed by atoms with Crippen LogP contribution in [0.2, 0.25) is 0 Å². The van der Waals surface area contributed by atoms with Gasteiger partial charge in [-0.15, -0.1) is 0 Å². The molecule has 0 spiro atoms. The summed E-state index contributed by atoms with van der Waals surface area (Å²) in [5, 5.41) is 8.51. The molecule has 2 aromatic rings. The summed E-state index contributed by atoms with van der Waals surface area (Å²) in [5.74, 6) is 0.813. The lowest BCUT2D eigenvalue weighted by Crippen LogP contribution is -2.39. The van der Waals surface area contributed by atoms with Gasteiger partial charge >= 0.3 is 0 Å². The van der Waals surface area contributed by atoms with Gasteiger partial charge in [-0.3, -0.25) is 4.79 Å². The van der Waals surface area contributed by atoms with E-state index in [1.54, 1.807) is 0 Å². The van der Waals surface area contributed by atoms with E-state index < -0.39 is 0 Å². The van der Waals surface area contributed by atoms with Crippen molar-refractivity contribution < 1.29 is 0 Å². The largest absolute Gasteiger partial charge is 0.371 e. The lowest BCUT2D eigenvalue weighted by Gasteiger charge is -2.34. The number of pyridine rings is 1. The van der Waals surface area contributed by atoms with E-state index in [1.165, 1.54) is 0 Å². The maximum Gasteiger partial charge on any atom is 0.257 e. The van der Waals surface area contributed by atoms with Gasteiger partial charge in [0.05, 0.1) is 0 Å². The molecule has 0 radical (unpaired) electrons. The van der Waals surface area contributed by atoms with Crippen LogP contribution in [0.25, 0.3) is 10.8 Å². The summed E-state index contributed by atoms with van der Waals surface area (Å²) in [6.07, 6.45) is 2.33. The first-order chi connectivity index (χ1) is 9.66. The second-order valence-electron chi connectivity index (χ2n) is 6.01. The Labute approximate surface area is 118 Å². The predicted molar refractivity (Wildman–Crippen MR) is 83.3 cm³/mol. The van der Waals surface area contributed by atoms with Crippen molar-refractivity contribution in [2.24, 2.45) is 5.41 Å². The van der Waals surface area contributed by atoms with Gasteiger partial charge in [0.1, 0.15) is 5.82 Å². The van der Waals surface area contributed by atoms with Gasteiger partial charge in [0.15, 0.2) is 0 Å². The smallest absolute Gasteiger partial charge is 0.257 e. The van der Waals surface area contributed by atoms with Crippen LogP contribution in [0, 0.1) is 5.41 Å². The van der Waals surface area contributed by atoms with E-state index in [1.807, 2.05) is 30.3 Å². The minimum Gasteiger partial charge on any atom is -0.371 e. The van der Waals surface area contributed by atoms with Crippen molar-refractivity contribution in [3.05, 3.63) is 40.7 Å². The van der Waals surface area contributed by atoms with Crippen LogP contribution in [-0.4, -0.2) is 24.6 Å². The number of anilines is 1. The summed E-state index contributed by atoms with van der Waals surface area (Å²) in [5.41, 5.74) is 0.273. The Hall–Kier alpha value is -1.81. The third-order valence-corrected chi connectivity index (χ3v) is 4.27. The topological polar surface area (TPSA) is 56.9 Å². The van der Waals surface area contributed by atoms with Gasteiger partial charge in [-0.25, -0.2) is 0 Å². The molecular weight excluding hydrogens is 250 g/mol. The van der Waals surface area contributed by atoms with Crippen LogP contribution in [0.1, 0.15) is 19.8 Å². The maximum absolute atomic E-state index is 12.0. The summed E-state index contributed by atoms with van der Waals surface area (Å²) in [7, 11) is 0. The van der Waals surface area contributed by atoms with E-state index >= 15 is 0 Å². The number of hydrogen-bond donors (Lipinski definition) is 3. The zero-order valence-corrected chi connectivity index (χ0v) is 11.8. The monoisotopic (exact) mass is 271 g/mol. The average Bonchev–Trinajstić information content (AvgIpc) is 2.46. The molecule has 4 heteroatoms. The summed E-state index contributed by atoms with van der Waals surface area (Å²) < 4.78 is 0. The van der Waals surface area contributed by atoms with Gasteiger partial charge in [0.25, 0.3) is 5.56 Å². The van der Waals surface area contributed by atoms with Crippen LogP contribution in [0.4, 0.5) is 5.82 Å². The minimum atomic E-state index is -0.0268. The predicted octanol–water partition coefficient (Wildman–Crippen LogP) is 2.33. The van der Waals surface area contributed by atoms with Gasteiger partial charge in [0.2, 0.25) is 0 Å². The molecule has 1 aliphatic rings. The first-order valence-corrected chi connectivity index (χ1v) is 7.23. The fourth-order valence-electron chi connectivity index (χ4n) is 2.82. The highest BCUT2D eigenvalue weighted by Crippen LogP contribution is 2.28. The van der Waals surface area contributed by atoms with E-state index in [4.69, 9.17) is 0 Å². The second kappa shape index (κ2) is 5.29. The number of benzene rings is 1. The lowest BCUT2D eigenvalue weighted by atomic mass is 9.81. The molecule has 2 heterocycles. The van der Waals surface area contributed by atoms with E-state index in [9.17, 15) is 4.79 Å². The number of H-pyrrole nitrogens is 1. The van der Waals surface area contributed by atoms with Crippen LogP contribution < -0.4 is 16.2 Å². The first-order valence-electron chi connectivity index (χ1n) is 7.23. The molecule has 1 saturated heterocycles. The van der Waals surface area contributed by atoms with E-state index in [0.29, 0.717) is 5.41 Å². The molecule has 0 bridgehead atoms. The average molecular weight is 271 g/mol. The highest BCUT2D eigenvalue weighted by Gasteiger charge is 2.26. The third-order valence-electron chi connectivity index (χ3n) is 4.27. The number of piperidine rings is 1. The van der Waals surface area contributed by atoms with Gasteiger partial charge in [-0.2, -0.15) is 0 Å². The van der Waals surface area contributed by atoms with Crippen LogP contribution in [0.5, 0.6) is 0 Å². The van der Waals surface area contributed by atoms with Crippen LogP contribution >= 0.6 is 0 Å². The van der Waals surface area contributed by atoms with Crippen LogP contribution in [-0.2, 0) is 0 Å². The fraction of sp³-hybridized carbons (Fsp3) is 0.438. The van der Waals surface area contributed by atoms with Crippen molar-refractivity contribution in [3.8, 4) is 0 Å². The Kier molecular flexibility index (Phi) is 3.49. The van der Waals surface area contributed by atoms with E-state index in [2.05, 4.69) is 22.5 Å². The summed E-state index contributed by atoms with van der Waals surface area (Å²) in [4.78, 5) is 14.9. The van der Waals surface area contributed by atoms with Crippen molar-refractivity contribution in [1.82, 2.24) is 10.3 Å². The van der Waals surface area contributed by atoms with Crippen molar-refractivity contribution >= 4 is 16.6 Å². The van der Waals surface area contributed by atoms with Crippen molar-refractivity contribution in [3.63, 3.8) is 0 Å². The quantitative estimate of drug-likeness (QED) is 0.803. The molecule has 3 rings (SSSR count).